The van der Waals surface area contributed by atoms with Crippen LogP contribution in [0.2, 0.25) is 0 Å². The predicted octanol–water partition coefficient (Wildman–Crippen LogP) is 4.81. The number of benzene rings is 1. The maximum Gasteiger partial charge on any atom is 0.0991 e. The SMILES string of the molecule is CC=CCC(OC)[C@H]1CC[C@H](c2ccc(C#N)cc2)CC1. The molecule has 1 saturated carbocycles. The number of hydrogen-bond donors (Lipinski definition) is 0. The zero-order valence-corrected chi connectivity index (χ0v) is 13.1. The van der Waals surface area contributed by atoms with Crippen molar-refractivity contribution < 1.29 is 4.74 Å². The van der Waals surface area contributed by atoms with E-state index in [9.17, 15) is 0 Å². The minimum atomic E-state index is 0.364. The summed E-state index contributed by atoms with van der Waals surface area (Å²) in [5.74, 6) is 1.33. The Morgan fingerprint density at radius 3 is 2.43 bits per heavy atom. The molecule has 1 aromatic carbocycles. The molecule has 0 saturated heterocycles. The van der Waals surface area contributed by atoms with E-state index >= 15 is 0 Å². The van der Waals surface area contributed by atoms with E-state index < -0.39 is 0 Å². The highest BCUT2D eigenvalue weighted by Crippen LogP contribution is 2.38. The molecule has 0 bridgehead atoms. The van der Waals surface area contributed by atoms with Crippen LogP contribution in [-0.2, 0) is 4.74 Å². The molecule has 2 rings (SSSR count). The number of methoxy groups -OCH3 is 1. The fourth-order valence-electron chi connectivity index (χ4n) is 3.41. The van der Waals surface area contributed by atoms with Gasteiger partial charge in [-0.05, 0) is 68.6 Å². The van der Waals surface area contributed by atoms with Gasteiger partial charge in [-0.3, -0.25) is 0 Å². The van der Waals surface area contributed by atoms with Crippen LogP contribution in [0.4, 0.5) is 0 Å². The van der Waals surface area contributed by atoms with Gasteiger partial charge in [-0.25, -0.2) is 0 Å². The first-order valence-corrected chi connectivity index (χ1v) is 7.92. The summed E-state index contributed by atoms with van der Waals surface area (Å²) < 4.78 is 5.68. The lowest BCUT2D eigenvalue weighted by Crippen LogP contribution is -2.26. The van der Waals surface area contributed by atoms with Crippen LogP contribution in [-0.4, -0.2) is 13.2 Å². The van der Waals surface area contributed by atoms with Crippen molar-refractivity contribution in [3.8, 4) is 6.07 Å². The third kappa shape index (κ3) is 4.19. The number of allylic oxidation sites excluding steroid dienone is 1. The largest absolute Gasteiger partial charge is 0.381 e. The van der Waals surface area contributed by atoms with Crippen molar-refractivity contribution in [2.45, 2.75) is 51.0 Å². The topological polar surface area (TPSA) is 33.0 Å². The number of ether oxygens (including phenoxy) is 1. The van der Waals surface area contributed by atoms with Gasteiger partial charge >= 0.3 is 0 Å². The van der Waals surface area contributed by atoms with Gasteiger partial charge in [0.15, 0.2) is 0 Å². The molecule has 1 atom stereocenters. The molecule has 0 N–H and O–H groups in total. The van der Waals surface area contributed by atoms with Crippen molar-refractivity contribution in [3.63, 3.8) is 0 Å². The van der Waals surface area contributed by atoms with Gasteiger partial charge in [-0.1, -0.05) is 24.3 Å². The van der Waals surface area contributed by atoms with E-state index in [0.717, 1.165) is 12.0 Å². The first-order valence-electron chi connectivity index (χ1n) is 7.92. The van der Waals surface area contributed by atoms with E-state index in [4.69, 9.17) is 10.00 Å². The summed E-state index contributed by atoms with van der Waals surface area (Å²) in [6.45, 7) is 2.06. The second kappa shape index (κ2) is 8.00. The van der Waals surface area contributed by atoms with Crippen molar-refractivity contribution >= 4 is 0 Å². The molecule has 2 nitrogen and oxygen atoms in total. The standard InChI is InChI=1S/C19H25NO/c1-3-4-5-19(21-2)18-12-10-17(11-13-18)16-8-6-15(14-20)7-9-16/h3-4,6-9,17-19H,5,10-13H2,1-2H3/t17-,18-,19?. The molecule has 0 heterocycles. The first kappa shape index (κ1) is 15.8. The van der Waals surface area contributed by atoms with E-state index in [1.54, 1.807) is 0 Å². The van der Waals surface area contributed by atoms with Crippen molar-refractivity contribution in [1.82, 2.24) is 0 Å². The van der Waals surface area contributed by atoms with E-state index in [0.29, 0.717) is 17.9 Å². The van der Waals surface area contributed by atoms with Gasteiger partial charge in [0, 0.05) is 7.11 Å². The second-order valence-electron chi connectivity index (χ2n) is 5.92. The molecule has 1 unspecified atom stereocenters. The zero-order chi connectivity index (χ0) is 15.1. The van der Waals surface area contributed by atoms with Gasteiger partial charge in [0.25, 0.3) is 0 Å². The predicted molar refractivity (Wildman–Crippen MR) is 86.1 cm³/mol. The monoisotopic (exact) mass is 283 g/mol. The van der Waals surface area contributed by atoms with Crippen LogP contribution in [0.5, 0.6) is 0 Å². The van der Waals surface area contributed by atoms with Crippen LogP contribution in [0.15, 0.2) is 36.4 Å². The van der Waals surface area contributed by atoms with Crippen molar-refractivity contribution in [1.29, 1.82) is 5.26 Å². The van der Waals surface area contributed by atoms with Gasteiger partial charge in [0.2, 0.25) is 0 Å². The summed E-state index contributed by atoms with van der Waals surface area (Å²) in [5, 5.41) is 8.86. The molecule has 2 heteroatoms. The van der Waals surface area contributed by atoms with Crippen LogP contribution in [0.3, 0.4) is 0 Å². The van der Waals surface area contributed by atoms with Gasteiger partial charge in [0.05, 0.1) is 17.7 Å². The van der Waals surface area contributed by atoms with Crippen LogP contribution in [0.1, 0.15) is 56.1 Å². The van der Waals surface area contributed by atoms with Crippen LogP contribution < -0.4 is 0 Å². The molecule has 1 aliphatic carbocycles. The molecule has 0 spiro atoms. The summed E-state index contributed by atoms with van der Waals surface area (Å²) in [7, 11) is 1.83. The summed E-state index contributed by atoms with van der Waals surface area (Å²) in [4.78, 5) is 0. The number of nitrogens with zero attached hydrogens (tertiary/aromatic N) is 1. The van der Waals surface area contributed by atoms with Gasteiger partial charge in [0.1, 0.15) is 0 Å². The molecular weight excluding hydrogens is 258 g/mol. The van der Waals surface area contributed by atoms with Gasteiger partial charge in [-0.15, -0.1) is 0 Å². The Balaban J connectivity index is 1.91. The number of hydrogen-bond acceptors (Lipinski definition) is 2. The number of rotatable bonds is 5. The molecular formula is C19H25NO. The molecule has 0 radical (unpaired) electrons. The Bertz CT molecular complexity index is 489. The summed E-state index contributed by atoms with van der Waals surface area (Å²) in [6, 6.07) is 10.3. The maximum absolute atomic E-state index is 8.86. The van der Waals surface area contributed by atoms with Crippen LogP contribution >= 0.6 is 0 Å². The van der Waals surface area contributed by atoms with Gasteiger partial charge < -0.3 is 4.74 Å². The smallest absolute Gasteiger partial charge is 0.0991 e. The molecule has 112 valence electrons. The fraction of sp³-hybridized carbons (Fsp3) is 0.526. The third-order valence-electron chi connectivity index (χ3n) is 4.72. The summed E-state index contributed by atoms with van der Waals surface area (Å²) in [5.41, 5.74) is 2.13. The van der Waals surface area contributed by atoms with Crippen LogP contribution in [0, 0.1) is 17.2 Å². The summed E-state index contributed by atoms with van der Waals surface area (Å²) >= 11 is 0. The minimum Gasteiger partial charge on any atom is -0.381 e. The average molecular weight is 283 g/mol. The third-order valence-corrected chi connectivity index (χ3v) is 4.72. The van der Waals surface area contributed by atoms with E-state index in [1.807, 2.05) is 19.2 Å². The molecule has 1 aromatic rings. The molecule has 0 amide bonds. The molecule has 1 aliphatic rings. The van der Waals surface area contributed by atoms with E-state index in [-0.39, 0.29) is 0 Å². The van der Waals surface area contributed by atoms with Crippen molar-refractivity contribution in [2.24, 2.45) is 5.92 Å². The average Bonchev–Trinajstić information content (AvgIpc) is 2.56. The molecule has 21 heavy (non-hydrogen) atoms. The molecule has 0 aromatic heterocycles. The second-order valence-corrected chi connectivity index (χ2v) is 5.92. The molecule has 0 aliphatic heterocycles. The fourth-order valence-corrected chi connectivity index (χ4v) is 3.41. The Morgan fingerprint density at radius 1 is 1.24 bits per heavy atom. The van der Waals surface area contributed by atoms with Crippen molar-refractivity contribution in [2.75, 3.05) is 7.11 Å². The Kier molecular flexibility index (Phi) is 6.02. The Morgan fingerprint density at radius 2 is 1.90 bits per heavy atom. The maximum atomic E-state index is 8.86. The Labute approximate surface area is 128 Å². The normalized spacial score (nSPS) is 23.9. The summed E-state index contributed by atoms with van der Waals surface area (Å²) in [6.07, 6.45) is 10.6. The number of nitriles is 1. The lowest BCUT2D eigenvalue weighted by Gasteiger charge is -2.33. The minimum absolute atomic E-state index is 0.364. The van der Waals surface area contributed by atoms with E-state index in [2.05, 4.69) is 37.3 Å². The van der Waals surface area contributed by atoms with Crippen molar-refractivity contribution in [3.05, 3.63) is 47.5 Å². The molecule has 1 fully saturated rings. The lowest BCUT2D eigenvalue weighted by molar-refractivity contribution is 0.0364. The van der Waals surface area contributed by atoms with Crippen LogP contribution in [0.25, 0.3) is 0 Å². The van der Waals surface area contributed by atoms with Gasteiger partial charge in [-0.2, -0.15) is 5.26 Å². The Hall–Kier alpha value is -1.59. The zero-order valence-electron chi connectivity index (χ0n) is 13.1. The highest BCUT2D eigenvalue weighted by atomic mass is 16.5. The quantitative estimate of drug-likeness (QED) is 0.726. The first-order chi connectivity index (χ1) is 10.3. The lowest BCUT2D eigenvalue weighted by atomic mass is 9.76. The highest BCUT2D eigenvalue weighted by molar-refractivity contribution is 5.33. The van der Waals surface area contributed by atoms with E-state index in [1.165, 1.54) is 31.2 Å². The highest BCUT2D eigenvalue weighted by Gasteiger charge is 2.27.